The number of hydrogen-bond acceptors (Lipinski definition) is 5. The molecule has 8 heteroatoms. The molecule has 0 atom stereocenters. The Hall–Kier alpha value is -2.48. The molecule has 6 nitrogen and oxygen atoms in total. The van der Waals surface area contributed by atoms with E-state index in [1.165, 1.54) is 24.3 Å². The Bertz CT molecular complexity index is 849. The predicted octanol–water partition coefficient (Wildman–Crippen LogP) is 2.85. The van der Waals surface area contributed by atoms with Gasteiger partial charge in [0.05, 0.1) is 11.3 Å². The van der Waals surface area contributed by atoms with Crippen LogP contribution in [0.15, 0.2) is 30.3 Å². The summed E-state index contributed by atoms with van der Waals surface area (Å²) in [6.45, 7) is 5.47. The van der Waals surface area contributed by atoms with Crippen LogP contribution < -0.4 is 9.50 Å². The maximum Gasteiger partial charge on any atom is 0.488 e. The molecule has 1 aromatic heterocycles. The van der Waals surface area contributed by atoms with Gasteiger partial charge in [-0.3, -0.25) is 9.78 Å². The fraction of sp³-hybridized carbons (Fsp3) is 0.200. The molecule has 1 heterocycles. The third kappa shape index (κ3) is 4.49. The van der Waals surface area contributed by atoms with Crippen LogP contribution in [0.3, 0.4) is 0 Å². The number of benzene rings is 1. The van der Waals surface area contributed by atoms with Crippen molar-refractivity contribution in [2.75, 3.05) is 5.32 Å². The molecular weight excluding hydrogens is 323 g/mol. The van der Waals surface area contributed by atoms with Crippen LogP contribution in [0.2, 0.25) is 0 Å². The molecule has 1 N–H and O–H groups in total. The van der Waals surface area contributed by atoms with E-state index in [4.69, 9.17) is 0 Å². The molecule has 1 amide bonds. The number of amides is 1. The van der Waals surface area contributed by atoms with E-state index in [1.54, 1.807) is 13.0 Å². The number of carbonyl (C=O) groups excluding carboxylic acids is 1. The van der Waals surface area contributed by atoms with E-state index in [9.17, 15) is 17.1 Å². The van der Waals surface area contributed by atoms with E-state index in [0.717, 1.165) is 11.3 Å². The lowest BCUT2D eigenvalue weighted by Crippen LogP contribution is -2.15. The van der Waals surface area contributed by atoms with Gasteiger partial charge in [0.25, 0.3) is 5.91 Å². The van der Waals surface area contributed by atoms with E-state index in [1.807, 2.05) is 13.8 Å². The van der Waals surface area contributed by atoms with Crippen molar-refractivity contribution < 1.29 is 21.3 Å². The summed E-state index contributed by atoms with van der Waals surface area (Å²) in [7, 11) is -5.07. The molecule has 0 spiro atoms. The quantitative estimate of drug-likeness (QED) is 0.867. The average molecular weight is 338 g/mol. The highest BCUT2D eigenvalue weighted by molar-refractivity contribution is 7.81. The summed E-state index contributed by atoms with van der Waals surface area (Å²) in [5.74, 6) is -0.528. The molecule has 2 aromatic rings. The molecule has 23 heavy (non-hydrogen) atoms. The van der Waals surface area contributed by atoms with Crippen LogP contribution in [0, 0.1) is 20.8 Å². The van der Waals surface area contributed by atoms with Crippen molar-refractivity contribution in [3.05, 3.63) is 52.8 Å². The van der Waals surface area contributed by atoms with Gasteiger partial charge in [0.15, 0.2) is 0 Å². The molecule has 0 bridgehead atoms. The molecule has 0 aliphatic carbocycles. The number of aryl methyl sites for hydroxylation is 3. The van der Waals surface area contributed by atoms with Crippen LogP contribution in [0.5, 0.6) is 5.75 Å². The van der Waals surface area contributed by atoms with E-state index in [-0.39, 0.29) is 11.7 Å². The number of rotatable bonds is 4. The summed E-state index contributed by atoms with van der Waals surface area (Å²) >= 11 is 0. The van der Waals surface area contributed by atoms with Crippen LogP contribution in [0.25, 0.3) is 0 Å². The number of hydrogen-bond donors (Lipinski definition) is 1. The second-order valence-electron chi connectivity index (χ2n) is 4.98. The Kier molecular flexibility index (Phi) is 4.65. The second kappa shape index (κ2) is 6.33. The number of anilines is 1. The Morgan fingerprint density at radius 1 is 1.13 bits per heavy atom. The van der Waals surface area contributed by atoms with Gasteiger partial charge in [0.1, 0.15) is 5.75 Å². The highest BCUT2D eigenvalue weighted by Gasteiger charge is 2.13. The van der Waals surface area contributed by atoms with Gasteiger partial charge < -0.3 is 9.50 Å². The zero-order valence-electron chi connectivity index (χ0n) is 12.8. The fourth-order valence-electron chi connectivity index (χ4n) is 1.96. The summed E-state index contributed by atoms with van der Waals surface area (Å²) in [5.41, 5.74) is 3.22. The molecule has 0 unspecified atom stereocenters. The summed E-state index contributed by atoms with van der Waals surface area (Å²) in [6, 6.07) is 7.03. The Balaban J connectivity index is 2.16. The largest absolute Gasteiger partial charge is 0.488 e. The topological polar surface area (TPSA) is 85.4 Å². The normalized spacial score (nSPS) is 11.1. The average Bonchev–Trinajstić information content (AvgIpc) is 2.43. The number of halogens is 1. The maximum atomic E-state index is 12.4. The number of aromatic nitrogens is 1. The van der Waals surface area contributed by atoms with Crippen molar-refractivity contribution in [1.29, 1.82) is 0 Å². The van der Waals surface area contributed by atoms with Crippen molar-refractivity contribution in [1.82, 2.24) is 4.98 Å². The van der Waals surface area contributed by atoms with E-state index in [0.29, 0.717) is 16.9 Å². The summed E-state index contributed by atoms with van der Waals surface area (Å²) in [5, 5.41) is 2.66. The van der Waals surface area contributed by atoms with Crippen LogP contribution in [0.1, 0.15) is 27.3 Å². The molecule has 1 aromatic carbocycles. The van der Waals surface area contributed by atoms with E-state index < -0.39 is 10.5 Å². The van der Waals surface area contributed by atoms with Crippen molar-refractivity contribution in [3.8, 4) is 5.75 Å². The molecule has 0 aliphatic heterocycles. The molecule has 0 fully saturated rings. The van der Waals surface area contributed by atoms with Gasteiger partial charge in [0, 0.05) is 11.4 Å². The number of nitrogens with zero attached hydrogens (tertiary/aromatic N) is 1. The van der Waals surface area contributed by atoms with Gasteiger partial charge in [0.2, 0.25) is 0 Å². The molecule has 0 radical (unpaired) electrons. The lowest BCUT2D eigenvalue weighted by molar-refractivity contribution is 0.102. The minimum atomic E-state index is -5.07. The third-order valence-electron chi connectivity index (χ3n) is 3.21. The number of nitrogens with one attached hydrogen (secondary N) is 1. The first-order chi connectivity index (χ1) is 10.7. The Labute approximate surface area is 133 Å². The van der Waals surface area contributed by atoms with E-state index >= 15 is 0 Å². The monoisotopic (exact) mass is 338 g/mol. The fourth-order valence-corrected chi connectivity index (χ4v) is 2.30. The summed E-state index contributed by atoms with van der Waals surface area (Å²) in [4.78, 5) is 16.6. The third-order valence-corrected chi connectivity index (χ3v) is 3.60. The van der Waals surface area contributed by atoms with Gasteiger partial charge in [-0.25, -0.2) is 0 Å². The van der Waals surface area contributed by atoms with Gasteiger partial charge in [-0.15, -0.1) is 0 Å². The molecule has 0 saturated carbocycles. The summed E-state index contributed by atoms with van der Waals surface area (Å²) < 4.78 is 37.2. The standard InChI is InChI=1S/C15H15FN2O4S/c1-9-8-14(11(3)17-10(9)2)15(19)18-12-4-6-13(7-5-12)22-23(16,20)21/h4-8H,1-3H3,(H,18,19). The Morgan fingerprint density at radius 2 is 1.74 bits per heavy atom. The van der Waals surface area contributed by atoms with Crippen molar-refractivity contribution in [2.24, 2.45) is 0 Å². The zero-order valence-corrected chi connectivity index (χ0v) is 13.6. The van der Waals surface area contributed by atoms with Gasteiger partial charge in [-0.2, -0.15) is 8.42 Å². The SMILES string of the molecule is Cc1cc(C(=O)Nc2ccc(OS(=O)(=O)F)cc2)c(C)nc1C. The van der Waals surface area contributed by atoms with Crippen LogP contribution in [-0.4, -0.2) is 19.3 Å². The van der Waals surface area contributed by atoms with Crippen molar-refractivity contribution in [3.63, 3.8) is 0 Å². The van der Waals surface area contributed by atoms with Gasteiger partial charge in [-0.1, -0.05) is 3.89 Å². The van der Waals surface area contributed by atoms with Gasteiger partial charge >= 0.3 is 10.5 Å². The molecule has 2 rings (SSSR count). The van der Waals surface area contributed by atoms with Gasteiger partial charge in [-0.05, 0) is 56.7 Å². The van der Waals surface area contributed by atoms with Crippen LogP contribution in [-0.2, 0) is 10.5 Å². The van der Waals surface area contributed by atoms with Crippen LogP contribution in [0.4, 0.5) is 9.57 Å². The zero-order chi connectivity index (χ0) is 17.2. The highest BCUT2D eigenvalue weighted by Crippen LogP contribution is 2.19. The van der Waals surface area contributed by atoms with Crippen LogP contribution >= 0.6 is 0 Å². The summed E-state index contributed by atoms with van der Waals surface area (Å²) in [6.07, 6.45) is 0. The molecular formula is C15H15FN2O4S. The van der Waals surface area contributed by atoms with E-state index in [2.05, 4.69) is 14.5 Å². The first-order valence-corrected chi connectivity index (χ1v) is 7.97. The van der Waals surface area contributed by atoms with Crippen molar-refractivity contribution >= 4 is 22.1 Å². The highest BCUT2D eigenvalue weighted by atomic mass is 32.3. The first kappa shape index (κ1) is 16.9. The number of carbonyl (C=O) groups is 1. The first-order valence-electron chi connectivity index (χ1n) is 6.66. The maximum absolute atomic E-state index is 12.4. The second-order valence-corrected chi connectivity index (χ2v) is 5.93. The Morgan fingerprint density at radius 3 is 2.30 bits per heavy atom. The number of pyridine rings is 1. The molecule has 122 valence electrons. The van der Waals surface area contributed by atoms with Crippen molar-refractivity contribution in [2.45, 2.75) is 20.8 Å². The predicted molar refractivity (Wildman–Crippen MR) is 83.5 cm³/mol. The lowest BCUT2D eigenvalue weighted by Gasteiger charge is -2.10. The molecule has 0 aliphatic rings. The smallest absolute Gasteiger partial charge is 0.358 e. The minimum Gasteiger partial charge on any atom is -0.358 e. The minimum absolute atomic E-state index is 0.186. The lowest BCUT2D eigenvalue weighted by atomic mass is 10.1. The molecule has 0 saturated heterocycles.